The van der Waals surface area contributed by atoms with Crippen LogP contribution in [-0.4, -0.2) is 20.7 Å². The summed E-state index contributed by atoms with van der Waals surface area (Å²) in [7, 11) is -2.34. The highest BCUT2D eigenvalue weighted by atomic mass is 35.5. The highest BCUT2D eigenvalue weighted by molar-refractivity contribution is 7.92. The molecule has 0 aliphatic carbocycles. The number of hydrogen-bond acceptors (Lipinski definition) is 5. The summed E-state index contributed by atoms with van der Waals surface area (Å²) in [5.74, 6) is 0. The van der Waals surface area contributed by atoms with Crippen molar-refractivity contribution in [3.05, 3.63) is 58.8 Å². The van der Waals surface area contributed by atoms with Crippen LogP contribution in [-0.2, 0) is 10.0 Å². The van der Waals surface area contributed by atoms with Crippen LogP contribution in [0.25, 0.3) is 0 Å². The van der Waals surface area contributed by atoms with Gasteiger partial charge in [-0.2, -0.15) is 0 Å². The first-order valence-corrected chi connectivity index (χ1v) is 7.65. The summed E-state index contributed by atoms with van der Waals surface area (Å²) >= 11 is 5.77. The second-order valence-electron chi connectivity index (χ2n) is 4.22. The van der Waals surface area contributed by atoms with Crippen LogP contribution in [0.5, 0.6) is 0 Å². The Hall–Kier alpha value is -1.80. The lowest BCUT2D eigenvalue weighted by atomic mass is 10.3. The molecule has 0 bridgehead atoms. The summed E-state index contributed by atoms with van der Waals surface area (Å²) in [5.41, 5.74) is 0.402. The minimum Gasteiger partial charge on any atom is -0.733 e. The van der Waals surface area contributed by atoms with Crippen molar-refractivity contribution >= 4 is 33.0 Å². The monoisotopic (exact) mass is 327 g/mol. The van der Waals surface area contributed by atoms with Crippen molar-refractivity contribution in [3.63, 3.8) is 0 Å². The first-order valence-electron chi connectivity index (χ1n) is 5.83. The van der Waals surface area contributed by atoms with E-state index in [-0.39, 0.29) is 15.8 Å². The van der Waals surface area contributed by atoms with E-state index in [1.165, 1.54) is 31.3 Å². The van der Waals surface area contributed by atoms with Gasteiger partial charge >= 0.3 is 0 Å². The van der Waals surface area contributed by atoms with Gasteiger partial charge in [-0.05, 0) is 48.5 Å². The molecule has 0 saturated heterocycles. The summed E-state index contributed by atoms with van der Waals surface area (Å²) in [6.45, 7) is 0. The molecular formula is C13H12ClN2O4S-. The number of rotatable bonds is 4. The average molecular weight is 328 g/mol. The summed E-state index contributed by atoms with van der Waals surface area (Å²) in [5, 5.41) is 19.6. The molecule has 0 unspecified atom stereocenters. The molecule has 0 fully saturated rings. The van der Waals surface area contributed by atoms with Gasteiger partial charge in [0.1, 0.15) is 0 Å². The van der Waals surface area contributed by atoms with Crippen molar-refractivity contribution in [2.75, 3.05) is 16.6 Å². The van der Waals surface area contributed by atoms with E-state index in [1.807, 2.05) is 0 Å². The van der Waals surface area contributed by atoms with E-state index < -0.39 is 10.0 Å². The van der Waals surface area contributed by atoms with Gasteiger partial charge in [0.2, 0.25) is 0 Å². The van der Waals surface area contributed by atoms with Gasteiger partial charge in [-0.1, -0.05) is 11.6 Å². The molecule has 0 aromatic heterocycles. The highest BCUT2D eigenvalue weighted by Gasteiger charge is 2.21. The maximum atomic E-state index is 12.4. The van der Waals surface area contributed by atoms with Gasteiger partial charge in [0.25, 0.3) is 10.0 Å². The summed E-state index contributed by atoms with van der Waals surface area (Å²) in [6.07, 6.45) is 0. The van der Waals surface area contributed by atoms with Crippen molar-refractivity contribution in [1.29, 1.82) is 0 Å². The van der Waals surface area contributed by atoms with Crippen molar-refractivity contribution < 1.29 is 13.6 Å². The molecule has 0 heterocycles. The van der Waals surface area contributed by atoms with Crippen LogP contribution < -0.4 is 9.53 Å². The lowest BCUT2D eigenvalue weighted by Gasteiger charge is -2.23. The van der Waals surface area contributed by atoms with Crippen LogP contribution in [0.4, 0.5) is 11.4 Å². The molecule has 2 aromatic carbocycles. The molecule has 0 radical (unpaired) electrons. The SMILES string of the molecule is CN(c1ccc(Cl)cc1)S(=O)(=O)c1ccc(N([O-])O)cc1. The fourth-order valence-electron chi connectivity index (χ4n) is 1.69. The highest BCUT2D eigenvalue weighted by Crippen LogP contribution is 2.24. The first kappa shape index (κ1) is 15.6. The molecule has 8 heteroatoms. The zero-order chi connectivity index (χ0) is 15.6. The summed E-state index contributed by atoms with van der Waals surface area (Å²) in [6, 6.07) is 11.3. The molecule has 21 heavy (non-hydrogen) atoms. The maximum Gasteiger partial charge on any atom is 0.264 e. The molecule has 0 atom stereocenters. The van der Waals surface area contributed by atoms with Gasteiger partial charge in [0, 0.05) is 12.1 Å². The normalized spacial score (nSPS) is 11.2. The average Bonchev–Trinajstić information content (AvgIpc) is 2.47. The second-order valence-corrected chi connectivity index (χ2v) is 6.62. The van der Waals surface area contributed by atoms with Crippen LogP contribution in [0.15, 0.2) is 53.4 Å². The quantitative estimate of drug-likeness (QED) is 0.873. The molecule has 0 amide bonds. The van der Waals surface area contributed by atoms with Gasteiger partial charge in [-0.15, -0.1) is 0 Å². The maximum absolute atomic E-state index is 12.4. The number of hydrogen-bond donors (Lipinski definition) is 1. The Balaban J connectivity index is 2.34. The predicted octanol–water partition coefficient (Wildman–Crippen LogP) is 2.86. The van der Waals surface area contributed by atoms with E-state index in [1.54, 1.807) is 24.3 Å². The smallest absolute Gasteiger partial charge is 0.264 e. The third-order valence-corrected chi connectivity index (χ3v) is 4.96. The zero-order valence-electron chi connectivity index (χ0n) is 11.0. The predicted molar refractivity (Wildman–Crippen MR) is 81.1 cm³/mol. The van der Waals surface area contributed by atoms with Gasteiger partial charge < -0.3 is 10.4 Å². The van der Waals surface area contributed by atoms with Crippen LogP contribution in [0.3, 0.4) is 0 Å². The Labute approximate surface area is 127 Å². The summed E-state index contributed by atoms with van der Waals surface area (Å²) < 4.78 is 26.0. The van der Waals surface area contributed by atoms with E-state index in [2.05, 4.69) is 0 Å². The number of halogens is 1. The van der Waals surface area contributed by atoms with Gasteiger partial charge in [-0.3, -0.25) is 9.51 Å². The van der Waals surface area contributed by atoms with E-state index >= 15 is 0 Å². The van der Waals surface area contributed by atoms with Crippen molar-refractivity contribution in [3.8, 4) is 0 Å². The molecular weight excluding hydrogens is 316 g/mol. The molecule has 112 valence electrons. The fraction of sp³-hybridized carbons (Fsp3) is 0.0769. The molecule has 0 aliphatic heterocycles. The molecule has 2 rings (SSSR count). The van der Waals surface area contributed by atoms with Crippen molar-refractivity contribution in [2.45, 2.75) is 4.90 Å². The Morgan fingerprint density at radius 3 is 1.95 bits per heavy atom. The fourth-order valence-corrected chi connectivity index (χ4v) is 3.02. The van der Waals surface area contributed by atoms with Crippen LogP contribution >= 0.6 is 11.6 Å². The largest absolute Gasteiger partial charge is 0.733 e. The van der Waals surface area contributed by atoms with E-state index in [4.69, 9.17) is 16.8 Å². The summed E-state index contributed by atoms with van der Waals surface area (Å²) in [4.78, 5) is 0.00514. The van der Waals surface area contributed by atoms with Gasteiger partial charge in [0.05, 0.1) is 16.3 Å². The van der Waals surface area contributed by atoms with E-state index in [0.29, 0.717) is 10.7 Å². The number of benzene rings is 2. The minimum absolute atomic E-state index is 0.00514. The molecule has 2 aromatic rings. The topological polar surface area (TPSA) is 83.9 Å². The third-order valence-electron chi connectivity index (χ3n) is 2.91. The lowest BCUT2D eigenvalue weighted by Crippen LogP contribution is -2.26. The van der Waals surface area contributed by atoms with Crippen LogP contribution in [0.2, 0.25) is 5.02 Å². The third kappa shape index (κ3) is 3.27. The lowest BCUT2D eigenvalue weighted by molar-refractivity contribution is 0.296. The Morgan fingerprint density at radius 1 is 1.00 bits per heavy atom. The van der Waals surface area contributed by atoms with Gasteiger partial charge in [-0.25, -0.2) is 8.42 Å². The first-order chi connectivity index (χ1) is 9.82. The minimum atomic E-state index is -3.76. The van der Waals surface area contributed by atoms with Crippen LogP contribution in [0, 0.1) is 5.21 Å². The van der Waals surface area contributed by atoms with Crippen molar-refractivity contribution in [2.24, 2.45) is 0 Å². The molecule has 1 N–H and O–H groups in total. The Morgan fingerprint density at radius 2 is 1.48 bits per heavy atom. The molecule has 6 nitrogen and oxygen atoms in total. The standard InChI is InChI=1S/C13H12ClN2O4S/c1-15(11-4-2-10(14)3-5-11)21(19,20)13-8-6-12(7-9-13)16(17)18/h2-9,17H,1H3/q-1. The number of nitrogens with zero attached hydrogens (tertiary/aromatic N) is 2. The van der Waals surface area contributed by atoms with Crippen LogP contribution in [0.1, 0.15) is 0 Å². The second kappa shape index (κ2) is 5.90. The number of sulfonamides is 1. The Bertz CT molecular complexity index is 715. The van der Waals surface area contributed by atoms with E-state index in [9.17, 15) is 13.6 Å². The zero-order valence-corrected chi connectivity index (χ0v) is 12.5. The van der Waals surface area contributed by atoms with Crippen molar-refractivity contribution in [1.82, 2.24) is 0 Å². The van der Waals surface area contributed by atoms with Gasteiger partial charge in [0.15, 0.2) is 0 Å². The molecule has 0 aliphatic rings. The Kier molecular flexibility index (Phi) is 4.38. The van der Waals surface area contributed by atoms with E-state index in [0.717, 1.165) is 4.31 Å². The number of anilines is 2. The molecule has 0 spiro atoms. The molecule has 0 saturated carbocycles.